The molecule has 5 rings (SSSR count). The van der Waals surface area contributed by atoms with Gasteiger partial charge in [-0.1, -0.05) is 17.3 Å². The Labute approximate surface area is 178 Å². The number of fused-ring (bicyclic) bond motifs is 3. The van der Waals surface area contributed by atoms with E-state index in [-0.39, 0.29) is 36.9 Å². The van der Waals surface area contributed by atoms with Gasteiger partial charge in [-0.3, -0.25) is 14.7 Å². The highest BCUT2D eigenvalue weighted by atomic mass is 16.6. The lowest BCUT2D eigenvalue weighted by molar-refractivity contribution is -0.119. The molecule has 2 amide bonds. The summed E-state index contributed by atoms with van der Waals surface area (Å²) in [5.74, 6) is -0.148. The van der Waals surface area contributed by atoms with Crippen LogP contribution in [0.3, 0.4) is 0 Å². The largest absolute Gasteiger partial charge is 0.442 e. The van der Waals surface area contributed by atoms with E-state index in [1.165, 1.54) is 6.92 Å². The number of aliphatic hydroxyl groups excluding tert-OH is 1. The fourth-order valence-electron chi connectivity index (χ4n) is 4.29. The maximum atomic E-state index is 12.4. The molecule has 31 heavy (non-hydrogen) atoms. The monoisotopic (exact) mass is 422 g/mol. The Morgan fingerprint density at radius 1 is 1.26 bits per heavy atom. The number of ether oxygens (including phenoxy) is 1. The predicted octanol–water partition coefficient (Wildman–Crippen LogP) is 1.62. The van der Waals surface area contributed by atoms with Crippen molar-refractivity contribution in [3.05, 3.63) is 47.8 Å². The van der Waals surface area contributed by atoms with Crippen molar-refractivity contribution in [2.45, 2.75) is 38.0 Å². The van der Waals surface area contributed by atoms with E-state index in [0.29, 0.717) is 19.4 Å². The third kappa shape index (κ3) is 3.50. The maximum absolute atomic E-state index is 12.4. The van der Waals surface area contributed by atoms with Crippen molar-refractivity contribution in [1.29, 1.82) is 0 Å². The van der Waals surface area contributed by atoms with Gasteiger partial charge < -0.3 is 20.0 Å². The molecule has 1 fully saturated rings. The van der Waals surface area contributed by atoms with E-state index >= 15 is 0 Å². The summed E-state index contributed by atoms with van der Waals surface area (Å²) in [5.41, 5.74) is 5.32. The second kappa shape index (κ2) is 7.66. The Bertz CT molecular complexity index is 1070. The molecule has 3 atom stereocenters. The van der Waals surface area contributed by atoms with Crippen molar-refractivity contribution < 1.29 is 24.3 Å². The number of hydrogen-bond donors (Lipinski definition) is 2. The maximum Gasteiger partial charge on any atom is 0.415 e. The van der Waals surface area contributed by atoms with Gasteiger partial charge in [-0.2, -0.15) is 0 Å². The molecular formula is C22H22N4O5. The number of hydrogen-bond acceptors (Lipinski definition) is 7. The molecule has 3 aliphatic heterocycles. The summed E-state index contributed by atoms with van der Waals surface area (Å²) in [5, 5.41) is 15.9. The smallest absolute Gasteiger partial charge is 0.415 e. The van der Waals surface area contributed by atoms with Crippen LogP contribution >= 0.6 is 0 Å². The Hall–Kier alpha value is -3.46. The van der Waals surface area contributed by atoms with Crippen molar-refractivity contribution in [2.75, 3.05) is 18.1 Å². The second-order valence-electron chi connectivity index (χ2n) is 7.93. The van der Waals surface area contributed by atoms with E-state index in [1.807, 2.05) is 24.3 Å². The number of amides is 2. The molecule has 160 valence electrons. The Kier molecular flexibility index (Phi) is 4.82. The van der Waals surface area contributed by atoms with Crippen molar-refractivity contribution in [1.82, 2.24) is 10.3 Å². The minimum Gasteiger partial charge on any atom is -0.442 e. The molecule has 2 aromatic rings. The summed E-state index contributed by atoms with van der Waals surface area (Å²) < 4.78 is 5.45. The zero-order chi connectivity index (χ0) is 21.5. The second-order valence-corrected chi connectivity index (χ2v) is 7.93. The molecule has 2 N–H and O–H groups in total. The summed E-state index contributed by atoms with van der Waals surface area (Å²) >= 11 is 0. The summed E-state index contributed by atoms with van der Waals surface area (Å²) in [6.45, 7) is 1.68. The van der Waals surface area contributed by atoms with Crippen molar-refractivity contribution in [2.24, 2.45) is 5.16 Å². The fourth-order valence-corrected chi connectivity index (χ4v) is 4.29. The Morgan fingerprint density at radius 2 is 2.10 bits per heavy atom. The van der Waals surface area contributed by atoms with Gasteiger partial charge in [0.05, 0.1) is 30.6 Å². The number of carbonyl (C=O) groups excluding carboxylic acids is 2. The number of cyclic esters (lactones) is 1. The van der Waals surface area contributed by atoms with Crippen molar-refractivity contribution in [3.8, 4) is 11.1 Å². The zero-order valence-electron chi connectivity index (χ0n) is 16.9. The number of oxime groups is 1. The molecule has 1 unspecified atom stereocenters. The van der Waals surface area contributed by atoms with Crippen LogP contribution in [0.2, 0.25) is 0 Å². The molecule has 1 saturated heterocycles. The summed E-state index contributed by atoms with van der Waals surface area (Å²) in [6, 6.07) is 9.72. The lowest BCUT2D eigenvalue weighted by atomic mass is 10.00. The molecule has 0 bridgehead atoms. The molecule has 1 aromatic carbocycles. The molecule has 3 aliphatic rings. The number of anilines is 1. The van der Waals surface area contributed by atoms with Gasteiger partial charge in [0.1, 0.15) is 11.8 Å². The van der Waals surface area contributed by atoms with Crippen LogP contribution < -0.4 is 10.2 Å². The van der Waals surface area contributed by atoms with Gasteiger partial charge in [0.25, 0.3) is 0 Å². The van der Waals surface area contributed by atoms with E-state index in [4.69, 9.17) is 9.57 Å². The summed E-state index contributed by atoms with van der Waals surface area (Å²) in [4.78, 5) is 35.0. The molecule has 0 radical (unpaired) electrons. The van der Waals surface area contributed by atoms with Crippen LogP contribution in [0.25, 0.3) is 11.1 Å². The minimum atomic E-state index is -0.376. The Morgan fingerprint density at radius 3 is 2.81 bits per heavy atom. The summed E-state index contributed by atoms with van der Waals surface area (Å²) in [6.07, 6.45) is 1.94. The SMILES string of the molecule is CC(=O)NC[C@@H]1OC(=O)N2c3ccc(-c4ccc(C5=NOC(CO)C5)nc4)cc3C[C@@H]12. The number of nitrogens with zero attached hydrogens (tertiary/aromatic N) is 3. The molecule has 9 nitrogen and oxygen atoms in total. The highest BCUT2D eigenvalue weighted by Crippen LogP contribution is 2.40. The lowest BCUT2D eigenvalue weighted by Gasteiger charge is -2.16. The number of aromatic nitrogens is 1. The van der Waals surface area contributed by atoms with Gasteiger partial charge in [0.2, 0.25) is 5.91 Å². The predicted molar refractivity (Wildman–Crippen MR) is 112 cm³/mol. The van der Waals surface area contributed by atoms with E-state index < -0.39 is 0 Å². The van der Waals surface area contributed by atoms with E-state index in [1.54, 1.807) is 11.1 Å². The van der Waals surface area contributed by atoms with Crippen LogP contribution in [0.5, 0.6) is 0 Å². The molecule has 1 aromatic heterocycles. The van der Waals surface area contributed by atoms with Crippen LogP contribution in [0.1, 0.15) is 24.6 Å². The molecule has 4 heterocycles. The van der Waals surface area contributed by atoms with E-state index in [2.05, 4.69) is 21.5 Å². The van der Waals surface area contributed by atoms with Gasteiger partial charge in [-0.15, -0.1) is 0 Å². The fraction of sp³-hybridized carbons (Fsp3) is 0.364. The summed E-state index contributed by atoms with van der Waals surface area (Å²) in [7, 11) is 0. The first kappa shape index (κ1) is 19.5. The van der Waals surface area contributed by atoms with Gasteiger partial charge in [-0.25, -0.2) is 4.79 Å². The first-order chi connectivity index (χ1) is 15.0. The van der Waals surface area contributed by atoms with Crippen LogP contribution in [-0.4, -0.2) is 59.2 Å². The van der Waals surface area contributed by atoms with E-state index in [9.17, 15) is 14.7 Å². The third-order valence-corrected chi connectivity index (χ3v) is 5.86. The number of pyridine rings is 1. The normalized spacial score (nSPS) is 23.7. The number of nitrogens with one attached hydrogen (secondary N) is 1. The quantitative estimate of drug-likeness (QED) is 0.757. The molecule has 0 saturated carbocycles. The number of carbonyl (C=O) groups is 2. The van der Waals surface area contributed by atoms with Gasteiger partial charge >= 0.3 is 6.09 Å². The van der Waals surface area contributed by atoms with Crippen LogP contribution in [0.4, 0.5) is 10.5 Å². The zero-order valence-corrected chi connectivity index (χ0v) is 16.9. The lowest BCUT2D eigenvalue weighted by Crippen LogP contribution is -2.40. The topological polar surface area (TPSA) is 113 Å². The minimum absolute atomic E-state index is 0.0720. The first-order valence-electron chi connectivity index (χ1n) is 10.2. The van der Waals surface area contributed by atoms with Crippen molar-refractivity contribution in [3.63, 3.8) is 0 Å². The van der Waals surface area contributed by atoms with Crippen molar-refractivity contribution >= 4 is 23.4 Å². The van der Waals surface area contributed by atoms with Crippen LogP contribution in [0.15, 0.2) is 41.7 Å². The number of aliphatic hydroxyl groups is 1. The highest BCUT2D eigenvalue weighted by molar-refractivity contribution is 6.00. The highest BCUT2D eigenvalue weighted by Gasteiger charge is 2.47. The van der Waals surface area contributed by atoms with Gasteiger partial charge in [0.15, 0.2) is 6.10 Å². The molecule has 9 heteroatoms. The molecule has 0 aliphatic carbocycles. The standard InChI is InChI=1S/C22H22N4O5/c1-12(28)23-10-21-20-7-15-6-13(3-5-19(15)26(20)22(29)30-21)14-2-4-17(24-9-14)18-8-16(11-27)31-25-18/h2-6,9,16,20-21,27H,7-8,10-11H2,1H3,(H,23,28)/t16?,20-,21-/m0/s1. The first-order valence-corrected chi connectivity index (χ1v) is 10.2. The van der Waals surface area contributed by atoms with Gasteiger partial charge in [-0.05, 0) is 35.7 Å². The van der Waals surface area contributed by atoms with Crippen LogP contribution in [0, 0.1) is 0 Å². The average Bonchev–Trinajstić information content (AvgIpc) is 3.47. The van der Waals surface area contributed by atoms with Crippen LogP contribution in [-0.2, 0) is 20.8 Å². The average molecular weight is 422 g/mol. The Balaban J connectivity index is 1.34. The molecule has 0 spiro atoms. The third-order valence-electron chi connectivity index (χ3n) is 5.86. The number of benzene rings is 1. The van der Waals surface area contributed by atoms with E-state index in [0.717, 1.165) is 33.8 Å². The number of rotatable bonds is 5. The molecular weight excluding hydrogens is 400 g/mol. The van der Waals surface area contributed by atoms with Gasteiger partial charge in [0, 0.05) is 25.1 Å².